The Labute approximate surface area is 109 Å². The van der Waals surface area contributed by atoms with Crippen molar-refractivity contribution in [1.82, 2.24) is 5.32 Å². The summed E-state index contributed by atoms with van der Waals surface area (Å²) < 4.78 is 0. The summed E-state index contributed by atoms with van der Waals surface area (Å²) in [6.45, 7) is 10.5. The molecule has 1 aliphatic rings. The van der Waals surface area contributed by atoms with Crippen LogP contribution in [0.3, 0.4) is 0 Å². The van der Waals surface area contributed by atoms with E-state index in [0.717, 1.165) is 17.8 Å². The maximum absolute atomic E-state index is 3.64. The van der Waals surface area contributed by atoms with E-state index in [9.17, 15) is 0 Å². The lowest BCUT2D eigenvalue weighted by Gasteiger charge is -2.28. The van der Waals surface area contributed by atoms with Crippen LogP contribution >= 0.6 is 0 Å². The fraction of sp³-hybridized carbons (Fsp3) is 1.00. The van der Waals surface area contributed by atoms with Crippen molar-refractivity contribution in [2.75, 3.05) is 6.54 Å². The van der Waals surface area contributed by atoms with Crippen LogP contribution in [0.4, 0.5) is 0 Å². The van der Waals surface area contributed by atoms with Crippen LogP contribution in [0.1, 0.15) is 72.6 Å². The lowest BCUT2D eigenvalue weighted by atomic mass is 9.80. The van der Waals surface area contributed by atoms with Gasteiger partial charge in [0.1, 0.15) is 0 Å². The number of hydrogen-bond donors (Lipinski definition) is 1. The zero-order valence-electron chi connectivity index (χ0n) is 12.5. The van der Waals surface area contributed by atoms with Gasteiger partial charge in [-0.15, -0.1) is 0 Å². The van der Waals surface area contributed by atoms with Crippen LogP contribution in [0.5, 0.6) is 0 Å². The molecule has 1 N–H and O–H groups in total. The first-order valence-electron chi connectivity index (χ1n) is 7.81. The van der Waals surface area contributed by atoms with Crippen LogP contribution in [0.25, 0.3) is 0 Å². The summed E-state index contributed by atoms with van der Waals surface area (Å²) in [7, 11) is 0. The second-order valence-electron chi connectivity index (χ2n) is 6.80. The maximum Gasteiger partial charge on any atom is 0.00104 e. The van der Waals surface area contributed by atoms with Gasteiger partial charge in [0.05, 0.1) is 0 Å². The third-order valence-electron chi connectivity index (χ3n) is 4.01. The van der Waals surface area contributed by atoms with Crippen molar-refractivity contribution in [3.63, 3.8) is 0 Å². The number of hydrogen-bond acceptors (Lipinski definition) is 1. The van der Waals surface area contributed by atoms with Gasteiger partial charge < -0.3 is 5.32 Å². The standard InChI is InChI=1S/C16H33N/c1-13(2)10-16(12-17-14(3)4)11-15-8-6-5-7-9-15/h13-17H,5-12H2,1-4H3. The monoisotopic (exact) mass is 239 g/mol. The summed E-state index contributed by atoms with van der Waals surface area (Å²) in [6, 6.07) is 0.635. The quantitative estimate of drug-likeness (QED) is 0.683. The molecule has 1 atom stereocenters. The van der Waals surface area contributed by atoms with Crippen molar-refractivity contribution < 1.29 is 0 Å². The van der Waals surface area contributed by atoms with E-state index in [4.69, 9.17) is 0 Å². The Morgan fingerprint density at radius 3 is 2.18 bits per heavy atom. The molecule has 0 spiro atoms. The van der Waals surface area contributed by atoms with Crippen molar-refractivity contribution in [2.24, 2.45) is 17.8 Å². The zero-order chi connectivity index (χ0) is 12.7. The zero-order valence-corrected chi connectivity index (χ0v) is 12.5. The maximum atomic E-state index is 3.64. The van der Waals surface area contributed by atoms with Crippen LogP contribution in [-0.4, -0.2) is 12.6 Å². The van der Waals surface area contributed by atoms with E-state index in [0.29, 0.717) is 6.04 Å². The third kappa shape index (κ3) is 7.08. The van der Waals surface area contributed by atoms with Crippen molar-refractivity contribution in [2.45, 2.75) is 78.7 Å². The first-order valence-corrected chi connectivity index (χ1v) is 7.81. The molecule has 1 unspecified atom stereocenters. The number of rotatable bonds is 7. The van der Waals surface area contributed by atoms with Gasteiger partial charge in [0.2, 0.25) is 0 Å². The molecule has 0 heterocycles. The minimum atomic E-state index is 0.635. The van der Waals surface area contributed by atoms with Crippen molar-refractivity contribution in [1.29, 1.82) is 0 Å². The molecule has 0 aliphatic heterocycles. The van der Waals surface area contributed by atoms with E-state index in [1.807, 2.05) is 0 Å². The molecule has 17 heavy (non-hydrogen) atoms. The summed E-state index contributed by atoms with van der Waals surface area (Å²) in [5, 5.41) is 3.64. The first kappa shape index (κ1) is 15.0. The van der Waals surface area contributed by atoms with Crippen molar-refractivity contribution in [3.8, 4) is 0 Å². The molecule has 1 nitrogen and oxygen atoms in total. The molecule has 0 saturated heterocycles. The molecule has 1 heteroatoms. The second-order valence-corrected chi connectivity index (χ2v) is 6.80. The molecule has 0 aromatic heterocycles. The van der Waals surface area contributed by atoms with Crippen LogP contribution in [0.15, 0.2) is 0 Å². The first-order chi connectivity index (χ1) is 8.08. The van der Waals surface area contributed by atoms with E-state index in [-0.39, 0.29) is 0 Å². The Balaban J connectivity index is 2.32. The van der Waals surface area contributed by atoms with Crippen LogP contribution in [-0.2, 0) is 0 Å². The summed E-state index contributed by atoms with van der Waals surface area (Å²) in [4.78, 5) is 0. The number of nitrogens with one attached hydrogen (secondary N) is 1. The Morgan fingerprint density at radius 1 is 1.00 bits per heavy atom. The van der Waals surface area contributed by atoms with Crippen molar-refractivity contribution in [3.05, 3.63) is 0 Å². The summed E-state index contributed by atoms with van der Waals surface area (Å²) in [5.41, 5.74) is 0. The average molecular weight is 239 g/mol. The predicted octanol–water partition coefficient (Wildman–Crippen LogP) is 4.62. The molecular weight excluding hydrogens is 206 g/mol. The van der Waals surface area contributed by atoms with Gasteiger partial charge in [-0.05, 0) is 37.1 Å². The Morgan fingerprint density at radius 2 is 1.65 bits per heavy atom. The third-order valence-corrected chi connectivity index (χ3v) is 4.01. The Kier molecular flexibility index (Phi) is 7.18. The highest BCUT2D eigenvalue weighted by Crippen LogP contribution is 2.31. The highest BCUT2D eigenvalue weighted by atomic mass is 14.9. The lowest BCUT2D eigenvalue weighted by molar-refractivity contribution is 0.255. The molecule has 0 aromatic carbocycles. The van der Waals surface area contributed by atoms with Crippen molar-refractivity contribution >= 4 is 0 Å². The molecule has 0 amide bonds. The molecule has 1 aliphatic carbocycles. The molecule has 1 fully saturated rings. The smallest absolute Gasteiger partial charge is 0.00104 e. The van der Waals surface area contributed by atoms with Gasteiger partial charge >= 0.3 is 0 Å². The fourth-order valence-electron chi connectivity index (χ4n) is 3.23. The predicted molar refractivity (Wildman–Crippen MR) is 77.3 cm³/mol. The van der Waals surface area contributed by atoms with Gasteiger partial charge in [-0.25, -0.2) is 0 Å². The van der Waals surface area contributed by atoms with Crippen LogP contribution < -0.4 is 5.32 Å². The van der Waals surface area contributed by atoms with E-state index < -0.39 is 0 Å². The fourth-order valence-corrected chi connectivity index (χ4v) is 3.23. The molecule has 0 radical (unpaired) electrons. The normalized spacial score (nSPS) is 20.1. The molecule has 1 saturated carbocycles. The molecule has 0 aromatic rings. The summed E-state index contributed by atoms with van der Waals surface area (Å²) in [5.74, 6) is 2.78. The topological polar surface area (TPSA) is 12.0 Å². The SMILES string of the molecule is CC(C)CC(CNC(C)C)CC1CCCCC1. The Bertz CT molecular complexity index is 180. The molecular formula is C16H33N. The highest BCUT2D eigenvalue weighted by Gasteiger charge is 2.19. The molecule has 0 bridgehead atoms. The highest BCUT2D eigenvalue weighted by molar-refractivity contribution is 4.73. The van der Waals surface area contributed by atoms with E-state index >= 15 is 0 Å². The van der Waals surface area contributed by atoms with Crippen LogP contribution in [0, 0.1) is 17.8 Å². The summed E-state index contributed by atoms with van der Waals surface area (Å²) in [6.07, 6.45) is 10.3. The van der Waals surface area contributed by atoms with E-state index in [1.54, 1.807) is 0 Å². The lowest BCUT2D eigenvalue weighted by Crippen LogP contribution is -2.31. The summed E-state index contributed by atoms with van der Waals surface area (Å²) >= 11 is 0. The van der Waals surface area contributed by atoms with E-state index in [1.165, 1.54) is 51.5 Å². The second kappa shape index (κ2) is 8.13. The van der Waals surface area contributed by atoms with Crippen LogP contribution in [0.2, 0.25) is 0 Å². The largest absolute Gasteiger partial charge is 0.314 e. The van der Waals surface area contributed by atoms with Gasteiger partial charge in [0.15, 0.2) is 0 Å². The van der Waals surface area contributed by atoms with Gasteiger partial charge in [-0.1, -0.05) is 59.8 Å². The molecule has 102 valence electrons. The minimum Gasteiger partial charge on any atom is -0.314 e. The van der Waals surface area contributed by atoms with Gasteiger partial charge in [0, 0.05) is 6.04 Å². The molecule has 1 rings (SSSR count). The van der Waals surface area contributed by atoms with E-state index in [2.05, 4.69) is 33.0 Å². The minimum absolute atomic E-state index is 0.635. The average Bonchev–Trinajstić information content (AvgIpc) is 2.26. The van der Waals surface area contributed by atoms with Gasteiger partial charge in [-0.2, -0.15) is 0 Å². The van der Waals surface area contributed by atoms with Gasteiger partial charge in [-0.3, -0.25) is 0 Å². The van der Waals surface area contributed by atoms with Gasteiger partial charge in [0.25, 0.3) is 0 Å². The Hall–Kier alpha value is -0.0400.